The van der Waals surface area contributed by atoms with Gasteiger partial charge in [0.1, 0.15) is 6.04 Å². The van der Waals surface area contributed by atoms with Crippen LogP contribution >= 0.6 is 11.3 Å². The Bertz CT molecular complexity index is 440. The van der Waals surface area contributed by atoms with Gasteiger partial charge in [-0.15, -0.1) is 11.3 Å². The summed E-state index contributed by atoms with van der Waals surface area (Å²) in [5.41, 5.74) is 0.862. The van der Waals surface area contributed by atoms with Gasteiger partial charge in [0.25, 0.3) is 0 Å². The number of carboxylic acids is 1. The van der Waals surface area contributed by atoms with Crippen LogP contribution in [0, 0.1) is 13.8 Å². The second-order valence-corrected chi connectivity index (χ2v) is 5.50. The van der Waals surface area contributed by atoms with Crippen LogP contribution in [0.4, 0.5) is 9.93 Å². The van der Waals surface area contributed by atoms with Crippen LogP contribution in [0.5, 0.6) is 0 Å². The summed E-state index contributed by atoms with van der Waals surface area (Å²) in [4.78, 5) is 27.9. The Balaban J connectivity index is 2.54. The number of rotatable bonds is 6. The van der Waals surface area contributed by atoms with Gasteiger partial charge in [0.2, 0.25) is 0 Å². The van der Waals surface area contributed by atoms with Crippen molar-refractivity contribution >= 4 is 28.5 Å². The Kier molecular flexibility index (Phi) is 5.75. The number of aryl methyl sites for hydroxylation is 2. The number of anilines is 1. The molecule has 0 fully saturated rings. The number of hydrogen-bond donors (Lipinski definition) is 3. The number of aliphatic carboxylic acids is 1. The van der Waals surface area contributed by atoms with Gasteiger partial charge in [-0.2, -0.15) is 0 Å². The molecule has 1 aromatic rings. The third kappa shape index (κ3) is 4.86. The van der Waals surface area contributed by atoms with E-state index >= 15 is 0 Å². The maximum absolute atomic E-state index is 11.7. The molecule has 1 rings (SSSR count). The van der Waals surface area contributed by atoms with Gasteiger partial charge in [0.15, 0.2) is 5.13 Å². The average molecular weight is 285 g/mol. The molecule has 0 saturated heterocycles. The number of hydrogen-bond acceptors (Lipinski definition) is 4. The maximum Gasteiger partial charge on any atom is 0.326 e. The summed E-state index contributed by atoms with van der Waals surface area (Å²) in [5.74, 6) is -1.02. The maximum atomic E-state index is 11.7. The number of nitrogens with one attached hydrogen (secondary N) is 2. The fraction of sp³-hybridized carbons (Fsp3) is 0.583. The minimum atomic E-state index is -1.02. The van der Waals surface area contributed by atoms with Crippen LogP contribution in [-0.2, 0) is 4.79 Å². The summed E-state index contributed by atoms with van der Waals surface area (Å²) in [7, 11) is 0. The van der Waals surface area contributed by atoms with Crippen LogP contribution in [0.25, 0.3) is 0 Å². The lowest BCUT2D eigenvalue weighted by molar-refractivity contribution is -0.139. The zero-order chi connectivity index (χ0) is 14.4. The number of unbranched alkanes of at least 4 members (excludes halogenated alkanes) is 1. The molecule has 0 aliphatic rings. The number of amides is 2. The molecule has 0 radical (unpaired) electrons. The highest BCUT2D eigenvalue weighted by Crippen LogP contribution is 2.20. The molecular weight excluding hydrogens is 266 g/mol. The predicted octanol–water partition coefficient (Wildman–Crippen LogP) is 2.52. The molecule has 1 aromatic heterocycles. The Morgan fingerprint density at radius 3 is 2.58 bits per heavy atom. The predicted molar refractivity (Wildman–Crippen MR) is 74.7 cm³/mol. The zero-order valence-electron chi connectivity index (χ0n) is 11.3. The van der Waals surface area contributed by atoms with Crippen molar-refractivity contribution in [2.45, 2.75) is 46.1 Å². The van der Waals surface area contributed by atoms with Crippen LogP contribution in [0.3, 0.4) is 0 Å². The van der Waals surface area contributed by atoms with Gasteiger partial charge in [-0.3, -0.25) is 5.32 Å². The fourth-order valence-electron chi connectivity index (χ4n) is 1.48. The number of aromatic nitrogens is 1. The SMILES string of the molecule is CCCC[C@H](NC(=O)Nc1nc(C)c(C)s1)C(=O)O. The molecule has 0 aromatic carbocycles. The minimum Gasteiger partial charge on any atom is -0.480 e. The first-order chi connectivity index (χ1) is 8.93. The van der Waals surface area contributed by atoms with E-state index in [2.05, 4.69) is 15.6 Å². The molecule has 0 saturated carbocycles. The monoisotopic (exact) mass is 285 g/mol. The van der Waals surface area contributed by atoms with E-state index in [1.165, 1.54) is 11.3 Å². The van der Waals surface area contributed by atoms with E-state index in [0.717, 1.165) is 23.4 Å². The van der Waals surface area contributed by atoms with E-state index in [4.69, 9.17) is 5.11 Å². The van der Waals surface area contributed by atoms with Crippen molar-refractivity contribution in [3.05, 3.63) is 10.6 Å². The highest BCUT2D eigenvalue weighted by Gasteiger charge is 2.19. The first-order valence-corrected chi connectivity index (χ1v) is 7.00. The third-order valence-electron chi connectivity index (χ3n) is 2.70. The molecule has 2 amide bonds. The van der Waals surface area contributed by atoms with Gasteiger partial charge in [-0.25, -0.2) is 14.6 Å². The minimum absolute atomic E-state index is 0.426. The summed E-state index contributed by atoms with van der Waals surface area (Å²) in [5, 5.41) is 14.5. The first kappa shape index (κ1) is 15.4. The van der Waals surface area contributed by atoms with E-state index in [-0.39, 0.29) is 0 Å². The number of nitrogens with zero attached hydrogens (tertiary/aromatic N) is 1. The van der Waals surface area contributed by atoms with Gasteiger partial charge in [-0.1, -0.05) is 19.8 Å². The molecule has 0 bridgehead atoms. The quantitative estimate of drug-likeness (QED) is 0.749. The van der Waals surface area contributed by atoms with Gasteiger partial charge in [0, 0.05) is 4.88 Å². The van der Waals surface area contributed by atoms with Crippen molar-refractivity contribution in [2.75, 3.05) is 5.32 Å². The fourth-order valence-corrected chi connectivity index (χ4v) is 2.29. The highest BCUT2D eigenvalue weighted by molar-refractivity contribution is 7.15. The second kappa shape index (κ2) is 7.08. The van der Waals surface area contributed by atoms with Crippen LogP contribution in [0.15, 0.2) is 0 Å². The topological polar surface area (TPSA) is 91.3 Å². The molecular formula is C12H19N3O3S. The number of thiazole rings is 1. The Morgan fingerprint density at radius 1 is 1.42 bits per heavy atom. The molecule has 19 heavy (non-hydrogen) atoms. The van der Waals surface area contributed by atoms with Crippen LogP contribution < -0.4 is 10.6 Å². The Hall–Kier alpha value is -1.63. The highest BCUT2D eigenvalue weighted by atomic mass is 32.1. The Labute approximate surface area is 116 Å². The van der Waals surface area contributed by atoms with Crippen LogP contribution in [0.1, 0.15) is 36.8 Å². The summed E-state index contributed by atoms with van der Waals surface area (Å²) in [6.45, 7) is 5.74. The van der Waals surface area contributed by atoms with Crippen molar-refractivity contribution in [1.29, 1.82) is 0 Å². The van der Waals surface area contributed by atoms with Gasteiger partial charge >= 0.3 is 12.0 Å². The van der Waals surface area contributed by atoms with E-state index < -0.39 is 18.0 Å². The van der Waals surface area contributed by atoms with Crippen molar-refractivity contribution in [2.24, 2.45) is 0 Å². The lowest BCUT2D eigenvalue weighted by atomic mass is 10.1. The van der Waals surface area contributed by atoms with Crippen molar-refractivity contribution < 1.29 is 14.7 Å². The second-order valence-electron chi connectivity index (χ2n) is 4.29. The van der Waals surface area contributed by atoms with Crippen molar-refractivity contribution in [1.82, 2.24) is 10.3 Å². The average Bonchev–Trinajstić information content (AvgIpc) is 2.63. The molecule has 3 N–H and O–H groups in total. The molecule has 7 heteroatoms. The van der Waals surface area contributed by atoms with E-state index in [9.17, 15) is 9.59 Å². The van der Waals surface area contributed by atoms with Crippen LogP contribution in [-0.4, -0.2) is 28.1 Å². The summed E-state index contributed by atoms with van der Waals surface area (Å²) in [6, 6.07) is -1.39. The van der Waals surface area contributed by atoms with Gasteiger partial charge in [0.05, 0.1) is 5.69 Å². The van der Waals surface area contributed by atoms with Crippen molar-refractivity contribution in [3.8, 4) is 0 Å². The normalized spacial score (nSPS) is 11.9. The lowest BCUT2D eigenvalue weighted by Gasteiger charge is -2.13. The molecule has 0 unspecified atom stereocenters. The summed E-state index contributed by atoms with van der Waals surface area (Å²) >= 11 is 1.37. The van der Waals surface area contributed by atoms with Gasteiger partial charge in [-0.05, 0) is 20.3 Å². The standard InChI is InChI=1S/C12H19N3O3S/c1-4-5-6-9(10(16)17)14-11(18)15-12-13-7(2)8(3)19-12/h9H,4-6H2,1-3H3,(H,16,17)(H2,13,14,15,18)/t9-/m0/s1. The van der Waals surface area contributed by atoms with E-state index in [0.29, 0.717) is 11.6 Å². The molecule has 1 atom stereocenters. The number of urea groups is 1. The molecule has 0 aliphatic heterocycles. The molecule has 1 heterocycles. The molecule has 0 aliphatic carbocycles. The van der Waals surface area contributed by atoms with E-state index in [1.54, 1.807) is 0 Å². The third-order valence-corrected chi connectivity index (χ3v) is 3.69. The van der Waals surface area contributed by atoms with Gasteiger partial charge < -0.3 is 10.4 Å². The smallest absolute Gasteiger partial charge is 0.326 e. The number of carbonyl (C=O) groups is 2. The summed E-state index contributed by atoms with van der Waals surface area (Å²) in [6.07, 6.45) is 2.07. The van der Waals surface area contributed by atoms with Crippen molar-refractivity contribution in [3.63, 3.8) is 0 Å². The first-order valence-electron chi connectivity index (χ1n) is 6.18. The van der Waals surface area contributed by atoms with Crippen LogP contribution in [0.2, 0.25) is 0 Å². The number of carbonyl (C=O) groups excluding carboxylic acids is 1. The lowest BCUT2D eigenvalue weighted by Crippen LogP contribution is -2.42. The molecule has 106 valence electrons. The van der Waals surface area contributed by atoms with E-state index in [1.807, 2.05) is 20.8 Å². The zero-order valence-corrected chi connectivity index (χ0v) is 12.1. The molecule has 6 nitrogen and oxygen atoms in total. The number of carboxylic acid groups (broad SMARTS) is 1. The summed E-state index contributed by atoms with van der Waals surface area (Å²) < 4.78 is 0. The largest absolute Gasteiger partial charge is 0.480 e. The molecule has 0 spiro atoms. The Morgan fingerprint density at radius 2 is 2.11 bits per heavy atom.